The van der Waals surface area contributed by atoms with Crippen LogP contribution >= 0.6 is 0 Å². The van der Waals surface area contributed by atoms with Crippen LogP contribution in [0.1, 0.15) is 45.0 Å². The predicted octanol–water partition coefficient (Wildman–Crippen LogP) is 2.60. The number of benzene rings is 1. The molecule has 0 aliphatic rings. The number of hydrogen-bond acceptors (Lipinski definition) is 4. The van der Waals surface area contributed by atoms with E-state index in [9.17, 15) is 14.4 Å². The minimum atomic E-state index is -1.20. The van der Waals surface area contributed by atoms with Gasteiger partial charge in [-0.15, -0.1) is 0 Å². The first-order valence-corrected chi connectivity index (χ1v) is 8.05. The summed E-state index contributed by atoms with van der Waals surface area (Å²) in [5.74, 6) is -0.837. The Labute approximate surface area is 143 Å². The third-order valence-corrected chi connectivity index (χ3v) is 3.46. The van der Waals surface area contributed by atoms with Gasteiger partial charge in [0, 0.05) is 12.2 Å². The van der Waals surface area contributed by atoms with Gasteiger partial charge in [0.15, 0.2) is 0 Å². The van der Waals surface area contributed by atoms with Crippen LogP contribution in [0.3, 0.4) is 0 Å². The Hall–Kier alpha value is -2.37. The van der Waals surface area contributed by atoms with E-state index in [2.05, 4.69) is 10.6 Å². The number of ether oxygens (including phenoxy) is 1. The fraction of sp³-hybridized carbons (Fsp3) is 0.500. The lowest BCUT2D eigenvalue weighted by molar-refractivity contribution is -0.138. The Morgan fingerprint density at radius 1 is 1.08 bits per heavy atom. The van der Waals surface area contributed by atoms with E-state index in [1.165, 1.54) is 0 Å². The number of nitrogens with one attached hydrogen (secondary N) is 2. The number of carbonyl (C=O) groups excluding carboxylic acids is 3. The van der Waals surface area contributed by atoms with Crippen LogP contribution in [-0.2, 0) is 14.3 Å². The number of carbonyl (C=O) groups is 3. The molecule has 1 aromatic carbocycles. The lowest BCUT2D eigenvalue weighted by Crippen LogP contribution is -2.46. The lowest BCUT2D eigenvalue weighted by Gasteiger charge is -2.23. The third-order valence-electron chi connectivity index (χ3n) is 3.46. The molecule has 0 saturated heterocycles. The standard InChI is InChI=1S/C18H26N2O4/c1-6-24-15(21)13-7-9-14(10-8-13)20-17(23)18(4,5)16(22)19-11-12(2)3/h7-10,12H,6,11H2,1-5H3,(H,19,22)(H,20,23). The zero-order chi connectivity index (χ0) is 18.3. The molecule has 0 aliphatic carbocycles. The summed E-state index contributed by atoms with van der Waals surface area (Å²) in [6.07, 6.45) is 0. The largest absolute Gasteiger partial charge is 0.462 e. The summed E-state index contributed by atoms with van der Waals surface area (Å²) in [6, 6.07) is 6.34. The van der Waals surface area contributed by atoms with Gasteiger partial charge in [-0.2, -0.15) is 0 Å². The molecule has 24 heavy (non-hydrogen) atoms. The second kappa shape index (κ2) is 8.47. The van der Waals surface area contributed by atoms with Crippen molar-refractivity contribution in [2.45, 2.75) is 34.6 Å². The molecule has 1 rings (SSSR count). The van der Waals surface area contributed by atoms with Crippen molar-refractivity contribution in [1.82, 2.24) is 5.32 Å². The Balaban J connectivity index is 2.72. The van der Waals surface area contributed by atoms with Crippen LogP contribution in [0.15, 0.2) is 24.3 Å². The fourth-order valence-corrected chi connectivity index (χ4v) is 1.81. The van der Waals surface area contributed by atoms with Crippen LogP contribution in [-0.4, -0.2) is 30.9 Å². The van der Waals surface area contributed by atoms with Gasteiger partial charge in [-0.3, -0.25) is 9.59 Å². The molecule has 1 aromatic rings. The molecule has 0 spiro atoms. The van der Waals surface area contributed by atoms with Crippen molar-refractivity contribution in [1.29, 1.82) is 0 Å². The first-order chi connectivity index (χ1) is 11.2. The first kappa shape index (κ1) is 19.7. The molecule has 0 bridgehead atoms. The van der Waals surface area contributed by atoms with Crippen molar-refractivity contribution in [3.63, 3.8) is 0 Å². The molecule has 0 fully saturated rings. The normalized spacial score (nSPS) is 11.1. The summed E-state index contributed by atoms with van der Waals surface area (Å²) in [5, 5.41) is 5.46. The predicted molar refractivity (Wildman–Crippen MR) is 92.7 cm³/mol. The van der Waals surface area contributed by atoms with E-state index in [0.717, 1.165) is 0 Å². The molecular formula is C18H26N2O4. The molecule has 132 valence electrons. The van der Waals surface area contributed by atoms with Crippen LogP contribution in [0, 0.1) is 11.3 Å². The van der Waals surface area contributed by atoms with E-state index in [4.69, 9.17) is 4.74 Å². The van der Waals surface area contributed by atoms with Crippen molar-refractivity contribution in [3.8, 4) is 0 Å². The summed E-state index contributed by atoms with van der Waals surface area (Å²) in [5.41, 5.74) is -0.282. The average molecular weight is 334 g/mol. The van der Waals surface area contributed by atoms with Crippen molar-refractivity contribution < 1.29 is 19.1 Å². The van der Waals surface area contributed by atoms with Gasteiger partial charge in [0.1, 0.15) is 5.41 Å². The van der Waals surface area contributed by atoms with Gasteiger partial charge in [0.25, 0.3) is 0 Å². The monoisotopic (exact) mass is 334 g/mol. The maximum Gasteiger partial charge on any atom is 0.338 e. The number of esters is 1. The van der Waals surface area contributed by atoms with Gasteiger partial charge in [0.2, 0.25) is 11.8 Å². The van der Waals surface area contributed by atoms with E-state index >= 15 is 0 Å². The summed E-state index contributed by atoms with van der Waals surface area (Å²) in [7, 11) is 0. The molecule has 2 amide bonds. The fourth-order valence-electron chi connectivity index (χ4n) is 1.81. The smallest absolute Gasteiger partial charge is 0.338 e. The molecule has 6 nitrogen and oxygen atoms in total. The SMILES string of the molecule is CCOC(=O)c1ccc(NC(=O)C(C)(C)C(=O)NCC(C)C)cc1. The van der Waals surface area contributed by atoms with E-state index in [-0.39, 0.29) is 5.91 Å². The summed E-state index contributed by atoms with van der Waals surface area (Å²) >= 11 is 0. The van der Waals surface area contributed by atoms with Crippen LogP contribution in [0.25, 0.3) is 0 Å². The molecule has 0 aromatic heterocycles. The van der Waals surface area contributed by atoms with Gasteiger partial charge in [-0.25, -0.2) is 4.79 Å². The van der Waals surface area contributed by atoms with Gasteiger partial charge in [-0.1, -0.05) is 13.8 Å². The summed E-state index contributed by atoms with van der Waals surface area (Å²) in [6.45, 7) is 9.67. The molecule has 0 radical (unpaired) electrons. The van der Waals surface area contributed by atoms with Crippen LogP contribution in [0.4, 0.5) is 5.69 Å². The van der Waals surface area contributed by atoms with E-state index in [1.54, 1.807) is 45.0 Å². The van der Waals surface area contributed by atoms with Crippen molar-refractivity contribution in [3.05, 3.63) is 29.8 Å². The highest BCUT2D eigenvalue weighted by molar-refractivity contribution is 6.09. The lowest BCUT2D eigenvalue weighted by atomic mass is 9.90. The Morgan fingerprint density at radius 2 is 1.67 bits per heavy atom. The van der Waals surface area contributed by atoms with E-state index in [0.29, 0.717) is 30.3 Å². The maximum atomic E-state index is 12.4. The number of rotatable bonds is 7. The Morgan fingerprint density at radius 3 is 2.17 bits per heavy atom. The zero-order valence-electron chi connectivity index (χ0n) is 14.9. The highest BCUT2D eigenvalue weighted by Crippen LogP contribution is 2.20. The Bertz CT molecular complexity index is 592. The molecule has 6 heteroatoms. The van der Waals surface area contributed by atoms with Gasteiger partial charge >= 0.3 is 5.97 Å². The second-order valence-corrected chi connectivity index (χ2v) is 6.48. The molecule has 0 atom stereocenters. The average Bonchev–Trinajstić information content (AvgIpc) is 2.53. The van der Waals surface area contributed by atoms with Gasteiger partial charge < -0.3 is 15.4 Å². The van der Waals surface area contributed by atoms with E-state index in [1.807, 2.05) is 13.8 Å². The van der Waals surface area contributed by atoms with Crippen molar-refractivity contribution >= 4 is 23.5 Å². The van der Waals surface area contributed by atoms with Gasteiger partial charge in [0.05, 0.1) is 12.2 Å². The summed E-state index contributed by atoms with van der Waals surface area (Å²) < 4.78 is 4.90. The molecule has 2 N–H and O–H groups in total. The molecule has 0 heterocycles. The second-order valence-electron chi connectivity index (χ2n) is 6.48. The topological polar surface area (TPSA) is 84.5 Å². The van der Waals surface area contributed by atoms with E-state index < -0.39 is 17.3 Å². The first-order valence-electron chi connectivity index (χ1n) is 8.05. The van der Waals surface area contributed by atoms with Crippen LogP contribution < -0.4 is 10.6 Å². The summed E-state index contributed by atoms with van der Waals surface area (Å²) in [4.78, 5) is 36.2. The minimum Gasteiger partial charge on any atom is -0.462 e. The van der Waals surface area contributed by atoms with Crippen LogP contribution in [0.2, 0.25) is 0 Å². The van der Waals surface area contributed by atoms with Crippen molar-refractivity contribution in [2.75, 3.05) is 18.5 Å². The molecule has 0 saturated carbocycles. The van der Waals surface area contributed by atoms with Crippen molar-refractivity contribution in [2.24, 2.45) is 11.3 Å². The van der Waals surface area contributed by atoms with Crippen LogP contribution in [0.5, 0.6) is 0 Å². The molecular weight excluding hydrogens is 308 g/mol. The maximum absolute atomic E-state index is 12.4. The third kappa shape index (κ3) is 5.37. The minimum absolute atomic E-state index is 0.303. The number of hydrogen-bond donors (Lipinski definition) is 2. The molecule has 0 unspecified atom stereocenters. The Kier molecular flexibility index (Phi) is 6.95. The highest BCUT2D eigenvalue weighted by Gasteiger charge is 2.36. The number of amides is 2. The zero-order valence-corrected chi connectivity index (χ0v) is 14.9. The van der Waals surface area contributed by atoms with Gasteiger partial charge in [-0.05, 0) is 51.0 Å². The quantitative estimate of drug-likeness (QED) is 0.593. The highest BCUT2D eigenvalue weighted by atomic mass is 16.5. The molecule has 0 aliphatic heterocycles. The number of anilines is 1.